The number of amides is 1. The molecule has 0 aliphatic heterocycles. The molecule has 1 amide bonds. The maximum Gasteiger partial charge on any atom is 0.270 e. The zero-order valence-corrected chi connectivity index (χ0v) is 10.2. The summed E-state index contributed by atoms with van der Waals surface area (Å²) in [5.74, 6) is -2.21. The number of benzene rings is 1. The monoisotopic (exact) mass is 262 g/mol. The molecule has 0 saturated heterocycles. The minimum Gasteiger partial charge on any atom is -0.344 e. The van der Waals surface area contributed by atoms with Gasteiger partial charge in [0.05, 0.1) is 6.04 Å². The van der Waals surface area contributed by atoms with Gasteiger partial charge in [-0.2, -0.15) is 0 Å². The quantitative estimate of drug-likeness (QED) is 0.924. The van der Waals surface area contributed by atoms with Crippen LogP contribution in [0.3, 0.4) is 0 Å². The second kappa shape index (κ2) is 5.56. The number of nitrogens with zero attached hydrogens (tertiary/aromatic N) is 1. The second-order valence-corrected chi connectivity index (χ2v) is 4.08. The summed E-state index contributed by atoms with van der Waals surface area (Å²) in [5.41, 5.74) is 0.764. The maximum atomic E-state index is 13.1. The molecule has 1 N–H and O–H groups in total. The van der Waals surface area contributed by atoms with Gasteiger partial charge in [0.15, 0.2) is 11.6 Å². The van der Waals surface area contributed by atoms with Crippen LogP contribution in [0, 0.1) is 11.6 Å². The molecule has 0 bridgehead atoms. The summed E-state index contributed by atoms with van der Waals surface area (Å²) in [6.07, 6.45) is 1.51. The summed E-state index contributed by atoms with van der Waals surface area (Å²) in [6, 6.07) is 8.08. The van der Waals surface area contributed by atoms with Crippen LogP contribution < -0.4 is 5.32 Å². The molecule has 0 spiro atoms. The van der Waals surface area contributed by atoms with Gasteiger partial charge < -0.3 is 5.32 Å². The van der Waals surface area contributed by atoms with Crippen LogP contribution in [0.1, 0.15) is 29.0 Å². The van der Waals surface area contributed by atoms with Gasteiger partial charge in [0, 0.05) is 6.20 Å². The van der Waals surface area contributed by atoms with Crippen LogP contribution in [0.5, 0.6) is 0 Å². The molecule has 0 radical (unpaired) electrons. The molecule has 0 unspecified atom stereocenters. The van der Waals surface area contributed by atoms with Gasteiger partial charge in [-0.3, -0.25) is 9.78 Å². The maximum absolute atomic E-state index is 13.1. The lowest BCUT2D eigenvalue weighted by atomic mass is 10.1. The Bertz CT molecular complexity index is 587. The normalized spacial score (nSPS) is 11.9. The van der Waals surface area contributed by atoms with Gasteiger partial charge in [-0.15, -0.1) is 0 Å². The molecular formula is C14H12F2N2O. The highest BCUT2D eigenvalue weighted by Gasteiger charge is 2.13. The van der Waals surface area contributed by atoms with Crippen molar-refractivity contribution in [3.63, 3.8) is 0 Å². The van der Waals surface area contributed by atoms with Crippen molar-refractivity contribution in [2.24, 2.45) is 0 Å². The Morgan fingerprint density at radius 1 is 1.21 bits per heavy atom. The minimum absolute atomic E-state index is 0.275. The van der Waals surface area contributed by atoms with Crippen LogP contribution in [0.2, 0.25) is 0 Å². The molecule has 0 fully saturated rings. The minimum atomic E-state index is -0.934. The van der Waals surface area contributed by atoms with Crippen molar-refractivity contribution in [3.8, 4) is 0 Å². The van der Waals surface area contributed by atoms with E-state index in [1.54, 1.807) is 25.1 Å². The van der Waals surface area contributed by atoms with Crippen LogP contribution in [0.25, 0.3) is 0 Å². The number of aromatic nitrogens is 1. The Morgan fingerprint density at radius 2 is 2.00 bits per heavy atom. The first-order valence-electron chi connectivity index (χ1n) is 5.75. The molecule has 98 valence electrons. The van der Waals surface area contributed by atoms with Crippen molar-refractivity contribution in [1.29, 1.82) is 0 Å². The van der Waals surface area contributed by atoms with Gasteiger partial charge in [-0.25, -0.2) is 8.78 Å². The van der Waals surface area contributed by atoms with E-state index in [2.05, 4.69) is 10.3 Å². The first-order valence-corrected chi connectivity index (χ1v) is 5.75. The van der Waals surface area contributed by atoms with E-state index in [-0.39, 0.29) is 11.6 Å². The molecule has 0 saturated carbocycles. The molecule has 3 nitrogen and oxygen atoms in total. The van der Waals surface area contributed by atoms with Crippen molar-refractivity contribution < 1.29 is 13.6 Å². The van der Waals surface area contributed by atoms with E-state index in [1.807, 2.05) is 0 Å². The number of nitrogens with one attached hydrogen (secondary N) is 1. The zero-order chi connectivity index (χ0) is 13.8. The van der Waals surface area contributed by atoms with Gasteiger partial charge in [0.25, 0.3) is 5.91 Å². The van der Waals surface area contributed by atoms with Gasteiger partial charge in [-0.05, 0) is 36.8 Å². The SMILES string of the molecule is C[C@@H](NC(=O)c1ccccn1)c1ccc(F)c(F)c1. The summed E-state index contributed by atoms with van der Waals surface area (Å²) < 4.78 is 25.9. The predicted molar refractivity (Wildman–Crippen MR) is 66.5 cm³/mol. The van der Waals surface area contributed by atoms with Gasteiger partial charge in [0.1, 0.15) is 5.69 Å². The number of pyridine rings is 1. The third-order valence-electron chi connectivity index (χ3n) is 2.69. The van der Waals surface area contributed by atoms with Crippen LogP contribution >= 0.6 is 0 Å². The predicted octanol–water partition coefficient (Wildman–Crippen LogP) is 2.85. The highest BCUT2D eigenvalue weighted by Crippen LogP contribution is 2.16. The van der Waals surface area contributed by atoms with Crippen molar-refractivity contribution >= 4 is 5.91 Å². The summed E-state index contributed by atoms with van der Waals surface area (Å²) in [5, 5.41) is 2.67. The van der Waals surface area contributed by atoms with Crippen LogP contribution in [0.15, 0.2) is 42.6 Å². The van der Waals surface area contributed by atoms with E-state index in [4.69, 9.17) is 0 Å². The smallest absolute Gasteiger partial charge is 0.270 e. The molecule has 2 rings (SSSR count). The summed E-state index contributed by atoms with van der Waals surface area (Å²) in [7, 11) is 0. The summed E-state index contributed by atoms with van der Waals surface area (Å²) in [6.45, 7) is 1.69. The van der Waals surface area contributed by atoms with Crippen molar-refractivity contribution in [1.82, 2.24) is 10.3 Å². The number of carbonyl (C=O) groups excluding carboxylic acids is 1. The third kappa shape index (κ3) is 3.13. The Labute approximate surface area is 109 Å². The fourth-order valence-electron chi connectivity index (χ4n) is 1.63. The Balaban J connectivity index is 2.10. The Kier molecular flexibility index (Phi) is 3.85. The van der Waals surface area contributed by atoms with Crippen molar-refractivity contribution in [3.05, 3.63) is 65.5 Å². The van der Waals surface area contributed by atoms with E-state index >= 15 is 0 Å². The summed E-state index contributed by atoms with van der Waals surface area (Å²) in [4.78, 5) is 15.7. The largest absolute Gasteiger partial charge is 0.344 e. The van der Waals surface area contributed by atoms with Crippen molar-refractivity contribution in [2.45, 2.75) is 13.0 Å². The van der Waals surface area contributed by atoms with Gasteiger partial charge >= 0.3 is 0 Å². The molecule has 1 aromatic heterocycles. The number of carbonyl (C=O) groups is 1. The zero-order valence-electron chi connectivity index (χ0n) is 10.2. The van der Waals surface area contributed by atoms with E-state index in [0.717, 1.165) is 12.1 Å². The average molecular weight is 262 g/mol. The fourth-order valence-corrected chi connectivity index (χ4v) is 1.63. The molecule has 19 heavy (non-hydrogen) atoms. The molecule has 5 heteroatoms. The highest BCUT2D eigenvalue weighted by atomic mass is 19.2. The van der Waals surface area contributed by atoms with Crippen LogP contribution in [0.4, 0.5) is 8.78 Å². The van der Waals surface area contributed by atoms with E-state index in [0.29, 0.717) is 5.56 Å². The highest BCUT2D eigenvalue weighted by molar-refractivity contribution is 5.92. The Morgan fingerprint density at radius 3 is 2.63 bits per heavy atom. The topological polar surface area (TPSA) is 42.0 Å². The number of rotatable bonds is 3. The van der Waals surface area contributed by atoms with Crippen LogP contribution in [-0.2, 0) is 0 Å². The fraction of sp³-hybridized carbons (Fsp3) is 0.143. The van der Waals surface area contributed by atoms with E-state index in [1.165, 1.54) is 12.3 Å². The lowest BCUT2D eigenvalue weighted by Crippen LogP contribution is -2.27. The van der Waals surface area contributed by atoms with Crippen LogP contribution in [-0.4, -0.2) is 10.9 Å². The van der Waals surface area contributed by atoms with E-state index in [9.17, 15) is 13.6 Å². The number of hydrogen-bond donors (Lipinski definition) is 1. The average Bonchev–Trinajstić information content (AvgIpc) is 2.42. The molecule has 0 aliphatic carbocycles. The second-order valence-electron chi connectivity index (χ2n) is 4.08. The Hall–Kier alpha value is -2.30. The van der Waals surface area contributed by atoms with Gasteiger partial charge in [0.2, 0.25) is 0 Å². The number of hydrogen-bond acceptors (Lipinski definition) is 2. The molecule has 0 aliphatic rings. The third-order valence-corrected chi connectivity index (χ3v) is 2.69. The lowest BCUT2D eigenvalue weighted by Gasteiger charge is -2.14. The lowest BCUT2D eigenvalue weighted by molar-refractivity contribution is 0.0935. The number of halogens is 2. The molecule has 1 atom stereocenters. The van der Waals surface area contributed by atoms with Gasteiger partial charge in [-0.1, -0.05) is 12.1 Å². The van der Waals surface area contributed by atoms with Crippen molar-refractivity contribution in [2.75, 3.05) is 0 Å². The molecule has 1 heterocycles. The molecule has 1 aromatic carbocycles. The first kappa shape index (κ1) is 13.1. The standard InChI is InChI=1S/C14H12F2N2O/c1-9(10-5-6-11(15)12(16)8-10)18-14(19)13-4-2-3-7-17-13/h2-9H,1H3,(H,18,19)/t9-/m1/s1. The molecular weight excluding hydrogens is 250 g/mol. The molecule has 2 aromatic rings. The first-order chi connectivity index (χ1) is 9.08. The summed E-state index contributed by atoms with van der Waals surface area (Å²) >= 11 is 0. The van der Waals surface area contributed by atoms with E-state index < -0.39 is 17.7 Å².